The molecule has 16 heavy (non-hydrogen) atoms. The molecule has 0 atom stereocenters. The predicted octanol–water partition coefficient (Wildman–Crippen LogP) is 2.60. The second-order valence-corrected chi connectivity index (χ2v) is 3.36. The van der Waals surface area contributed by atoms with Gasteiger partial charge in [-0.25, -0.2) is 4.79 Å². The van der Waals surface area contributed by atoms with E-state index in [0.717, 1.165) is 10.8 Å². The van der Waals surface area contributed by atoms with Crippen LogP contribution in [0.5, 0.6) is 0 Å². The first-order valence-corrected chi connectivity index (χ1v) is 4.84. The summed E-state index contributed by atoms with van der Waals surface area (Å²) in [6.07, 6.45) is -0.491. The van der Waals surface area contributed by atoms with Crippen LogP contribution in [-0.4, -0.2) is 13.2 Å². The lowest BCUT2D eigenvalue weighted by atomic mass is 10.1. The molecule has 1 amide bonds. The number of nitrogens with one attached hydrogen (secondary N) is 1. The molecule has 0 aromatic heterocycles. The zero-order valence-electron chi connectivity index (χ0n) is 8.86. The molecule has 0 heterocycles. The molecule has 0 aliphatic carbocycles. The number of rotatable bonds is 1. The minimum absolute atomic E-state index is 0.491. The minimum Gasteiger partial charge on any atom is -0.453 e. The highest BCUT2D eigenvalue weighted by Gasteiger charge is 2.05. The molecular weight excluding hydrogens is 204 g/mol. The smallest absolute Gasteiger partial charge is 0.411 e. The van der Waals surface area contributed by atoms with Gasteiger partial charge in [-0.2, -0.15) is 0 Å². The van der Waals surface area contributed by atoms with Crippen molar-refractivity contribution in [2.45, 2.75) is 0 Å². The number of benzene rings is 2. The van der Waals surface area contributed by atoms with Crippen molar-refractivity contribution in [3.05, 3.63) is 36.4 Å². The Bertz CT molecular complexity index is 538. The van der Waals surface area contributed by atoms with Crippen LogP contribution in [0.4, 0.5) is 16.2 Å². The quantitative estimate of drug-likeness (QED) is 0.720. The second kappa shape index (κ2) is 4.10. The molecule has 0 saturated heterocycles. The number of nitrogens with two attached hydrogens (primary N) is 1. The summed E-state index contributed by atoms with van der Waals surface area (Å²) in [5.74, 6) is 0. The normalized spacial score (nSPS) is 10.1. The molecule has 2 aromatic rings. The fourth-order valence-corrected chi connectivity index (χ4v) is 1.60. The SMILES string of the molecule is COC(=O)Nc1cccc2c(N)cccc12. The van der Waals surface area contributed by atoms with E-state index in [-0.39, 0.29) is 0 Å². The van der Waals surface area contributed by atoms with Gasteiger partial charge in [0.25, 0.3) is 0 Å². The summed E-state index contributed by atoms with van der Waals surface area (Å²) in [6.45, 7) is 0. The second-order valence-electron chi connectivity index (χ2n) is 3.36. The number of carbonyl (C=O) groups excluding carboxylic acids is 1. The first-order chi connectivity index (χ1) is 7.72. The summed E-state index contributed by atoms with van der Waals surface area (Å²) in [5, 5.41) is 4.45. The van der Waals surface area contributed by atoms with Crippen LogP contribution in [0.25, 0.3) is 10.8 Å². The number of amides is 1. The third-order valence-electron chi connectivity index (χ3n) is 2.38. The highest BCUT2D eigenvalue weighted by Crippen LogP contribution is 2.27. The van der Waals surface area contributed by atoms with Gasteiger partial charge in [-0.05, 0) is 12.1 Å². The van der Waals surface area contributed by atoms with Crippen LogP contribution in [-0.2, 0) is 4.74 Å². The molecule has 2 aromatic carbocycles. The Labute approximate surface area is 93.0 Å². The molecule has 0 saturated carbocycles. The van der Waals surface area contributed by atoms with Gasteiger partial charge in [-0.3, -0.25) is 5.32 Å². The topological polar surface area (TPSA) is 64.3 Å². The van der Waals surface area contributed by atoms with Gasteiger partial charge in [0.05, 0.1) is 12.8 Å². The Morgan fingerprint density at radius 3 is 2.62 bits per heavy atom. The third-order valence-corrected chi connectivity index (χ3v) is 2.38. The Morgan fingerprint density at radius 2 is 1.88 bits per heavy atom. The van der Waals surface area contributed by atoms with Gasteiger partial charge in [0, 0.05) is 16.5 Å². The molecule has 0 unspecified atom stereocenters. The number of carbonyl (C=O) groups is 1. The van der Waals surface area contributed by atoms with E-state index in [4.69, 9.17) is 5.73 Å². The molecule has 2 rings (SSSR count). The molecular formula is C12H12N2O2. The van der Waals surface area contributed by atoms with Crippen LogP contribution >= 0.6 is 0 Å². The number of hydrogen-bond acceptors (Lipinski definition) is 3. The van der Waals surface area contributed by atoms with Crippen molar-refractivity contribution in [1.82, 2.24) is 0 Å². The summed E-state index contributed by atoms with van der Waals surface area (Å²) < 4.78 is 4.55. The van der Waals surface area contributed by atoms with Crippen molar-refractivity contribution in [3.8, 4) is 0 Å². The maximum atomic E-state index is 11.1. The van der Waals surface area contributed by atoms with E-state index in [2.05, 4.69) is 10.1 Å². The highest BCUT2D eigenvalue weighted by atomic mass is 16.5. The van der Waals surface area contributed by atoms with Gasteiger partial charge in [-0.1, -0.05) is 24.3 Å². The van der Waals surface area contributed by atoms with Gasteiger partial charge < -0.3 is 10.5 Å². The number of hydrogen-bond donors (Lipinski definition) is 2. The summed E-state index contributed by atoms with van der Waals surface area (Å²) in [6, 6.07) is 11.1. The van der Waals surface area contributed by atoms with E-state index in [1.165, 1.54) is 7.11 Å². The highest BCUT2D eigenvalue weighted by molar-refractivity contribution is 6.04. The van der Waals surface area contributed by atoms with Crippen molar-refractivity contribution in [2.24, 2.45) is 0 Å². The molecule has 0 radical (unpaired) electrons. The fraction of sp³-hybridized carbons (Fsp3) is 0.0833. The Hall–Kier alpha value is -2.23. The summed E-state index contributed by atoms with van der Waals surface area (Å²) in [4.78, 5) is 11.1. The van der Waals surface area contributed by atoms with E-state index < -0.39 is 6.09 Å². The minimum atomic E-state index is -0.491. The van der Waals surface area contributed by atoms with Crippen LogP contribution < -0.4 is 11.1 Å². The van der Waals surface area contributed by atoms with Crippen LogP contribution in [0.3, 0.4) is 0 Å². The van der Waals surface area contributed by atoms with Gasteiger partial charge in [-0.15, -0.1) is 0 Å². The van der Waals surface area contributed by atoms with Gasteiger partial charge in [0.2, 0.25) is 0 Å². The van der Waals surface area contributed by atoms with Crippen molar-refractivity contribution < 1.29 is 9.53 Å². The lowest BCUT2D eigenvalue weighted by Gasteiger charge is -2.08. The van der Waals surface area contributed by atoms with Crippen LogP contribution in [0.15, 0.2) is 36.4 Å². The van der Waals surface area contributed by atoms with E-state index in [1.807, 2.05) is 30.3 Å². The maximum absolute atomic E-state index is 11.1. The maximum Gasteiger partial charge on any atom is 0.411 e. The molecule has 4 nitrogen and oxygen atoms in total. The van der Waals surface area contributed by atoms with E-state index >= 15 is 0 Å². The van der Waals surface area contributed by atoms with E-state index in [0.29, 0.717) is 11.4 Å². The zero-order chi connectivity index (χ0) is 11.5. The molecule has 0 bridgehead atoms. The average Bonchev–Trinajstić information content (AvgIpc) is 2.30. The number of fused-ring (bicyclic) bond motifs is 1. The molecule has 4 heteroatoms. The lowest BCUT2D eigenvalue weighted by molar-refractivity contribution is 0.187. The Morgan fingerprint density at radius 1 is 1.19 bits per heavy atom. The van der Waals surface area contributed by atoms with Crippen LogP contribution in [0.2, 0.25) is 0 Å². The molecule has 0 fully saturated rings. The molecule has 82 valence electrons. The fourth-order valence-electron chi connectivity index (χ4n) is 1.60. The number of ether oxygens (including phenoxy) is 1. The predicted molar refractivity (Wildman–Crippen MR) is 64.4 cm³/mol. The van der Waals surface area contributed by atoms with Gasteiger partial charge in [0.15, 0.2) is 0 Å². The first kappa shape index (κ1) is 10.3. The Kier molecular flexibility index (Phi) is 2.64. The first-order valence-electron chi connectivity index (χ1n) is 4.84. The average molecular weight is 216 g/mol. The van der Waals surface area contributed by atoms with Crippen LogP contribution in [0, 0.1) is 0 Å². The number of methoxy groups -OCH3 is 1. The lowest BCUT2D eigenvalue weighted by Crippen LogP contribution is -2.11. The largest absolute Gasteiger partial charge is 0.453 e. The van der Waals surface area contributed by atoms with Crippen molar-refractivity contribution in [2.75, 3.05) is 18.2 Å². The van der Waals surface area contributed by atoms with Crippen molar-refractivity contribution in [3.63, 3.8) is 0 Å². The van der Waals surface area contributed by atoms with Crippen molar-refractivity contribution >= 4 is 28.2 Å². The van der Waals surface area contributed by atoms with Crippen LogP contribution in [0.1, 0.15) is 0 Å². The monoisotopic (exact) mass is 216 g/mol. The van der Waals surface area contributed by atoms with Gasteiger partial charge in [0.1, 0.15) is 0 Å². The third kappa shape index (κ3) is 1.77. The Balaban J connectivity index is 2.54. The molecule has 0 aliphatic heterocycles. The zero-order valence-corrected chi connectivity index (χ0v) is 8.86. The number of nitrogen functional groups attached to an aromatic ring is 1. The van der Waals surface area contributed by atoms with Crippen molar-refractivity contribution in [1.29, 1.82) is 0 Å². The molecule has 0 aliphatic rings. The number of anilines is 2. The standard InChI is InChI=1S/C12H12N2O2/c1-16-12(15)14-11-7-3-4-8-9(11)5-2-6-10(8)13/h2-7H,13H2,1H3,(H,14,15). The van der Waals surface area contributed by atoms with E-state index in [9.17, 15) is 4.79 Å². The summed E-state index contributed by atoms with van der Waals surface area (Å²) >= 11 is 0. The van der Waals surface area contributed by atoms with E-state index in [1.54, 1.807) is 6.07 Å². The molecule has 3 N–H and O–H groups in total. The molecule has 0 spiro atoms. The summed E-state index contributed by atoms with van der Waals surface area (Å²) in [7, 11) is 1.33. The van der Waals surface area contributed by atoms with Gasteiger partial charge >= 0.3 is 6.09 Å². The summed E-state index contributed by atoms with van der Waals surface area (Å²) in [5.41, 5.74) is 7.22.